The molecule has 7 nitrogen and oxygen atoms in total. The predicted molar refractivity (Wildman–Crippen MR) is 102 cm³/mol. The van der Waals surface area contributed by atoms with Crippen molar-refractivity contribution in [1.82, 2.24) is 20.1 Å². The van der Waals surface area contributed by atoms with Crippen LogP contribution in [0.15, 0.2) is 29.4 Å². The van der Waals surface area contributed by atoms with Crippen LogP contribution in [0.1, 0.15) is 12.8 Å². The quantitative estimate of drug-likeness (QED) is 0.482. The number of aliphatic hydroxyl groups excluding tert-OH is 1. The van der Waals surface area contributed by atoms with E-state index in [9.17, 15) is 0 Å². The van der Waals surface area contributed by atoms with Crippen LogP contribution in [0.3, 0.4) is 0 Å². The largest absolute Gasteiger partial charge is 0.497 e. The van der Waals surface area contributed by atoms with Crippen molar-refractivity contribution in [2.75, 3.05) is 39.2 Å². The summed E-state index contributed by atoms with van der Waals surface area (Å²) in [5, 5.41) is 21.8. The van der Waals surface area contributed by atoms with Crippen molar-refractivity contribution in [2.45, 2.75) is 30.6 Å². The molecule has 142 valence electrons. The third-order valence-electron chi connectivity index (χ3n) is 4.27. The van der Waals surface area contributed by atoms with Crippen LogP contribution >= 0.6 is 11.8 Å². The van der Waals surface area contributed by atoms with E-state index in [1.54, 1.807) is 18.9 Å². The lowest BCUT2D eigenvalue weighted by atomic mass is 10.2. The van der Waals surface area contributed by atoms with Gasteiger partial charge in [-0.25, -0.2) is 0 Å². The molecule has 0 saturated carbocycles. The summed E-state index contributed by atoms with van der Waals surface area (Å²) in [4.78, 5) is 0. The highest BCUT2D eigenvalue weighted by molar-refractivity contribution is 7.99. The summed E-state index contributed by atoms with van der Waals surface area (Å²) < 4.78 is 13.2. The number of thioether (sulfide) groups is 1. The highest BCUT2D eigenvalue weighted by atomic mass is 32.2. The summed E-state index contributed by atoms with van der Waals surface area (Å²) in [6.45, 7) is 3.18. The Morgan fingerprint density at radius 2 is 2.15 bits per heavy atom. The Morgan fingerprint density at radius 1 is 1.31 bits per heavy atom. The van der Waals surface area contributed by atoms with Crippen molar-refractivity contribution >= 4 is 11.8 Å². The summed E-state index contributed by atoms with van der Waals surface area (Å²) in [5.41, 5.74) is 1.02. The highest BCUT2D eigenvalue weighted by Gasteiger charge is 2.21. The van der Waals surface area contributed by atoms with Crippen molar-refractivity contribution < 1.29 is 14.6 Å². The number of hydrogen-bond donors (Lipinski definition) is 2. The van der Waals surface area contributed by atoms with Crippen LogP contribution in [-0.2, 0) is 11.3 Å². The van der Waals surface area contributed by atoms with Crippen LogP contribution in [0.4, 0.5) is 0 Å². The minimum absolute atomic E-state index is 0.154. The zero-order valence-electron chi connectivity index (χ0n) is 15.1. The molecule has 1 fully saturated rings. The van der Waals surface area contributed by atoms with E-state index in [1.807, 2.05) is 24.3 Å². The standard InChI is InChI=1S/C18H26N4O3S/c1-24-15-6-4-14(5-7-15)17-20-21-18(26-12-9-19-8-10-23)22(17)13-16-3-2-11-25-16/h4-7,16,19,23H,2-3,8-13H2,1H3. The molecule has 0 spiro atoms. The fourth-order valence-electron chi connectivity index (χ4n) is 2.92. The molecule has 0 amide bonds. The number of rotatable bonds is 10. The van der Waals surface area contributed by atoms with Gasteiger partial charge in [0.2, 0.25) is 0 Å². The molecule has 26 heavy (non-hydrogen) atoms. The van der Waals surface area contributed by atoms with E-state index in [0.717, 1.165) is 60.6 Å². The molecule has 8 heteroatoms. The number of nitrogens with zero attached hydrogens (tertiary/aromatic N) is 3. The Morgan fingerprint density at radius 3 is 2.85 bits per heavy atom. The Labute approximate surface area is 158 Å². The van der Waals surface area contributed by atoms with Gasteiger partial charge in [-0.1, -0.05) is 11.8 Å². The molecule has 1 saturated heterocycles. The van der Waals surface area contributed by atoms with Crippen LogP contribution in [0.2, 0.25) is 0 Å². The third-order valence-corrected chi connectivity index (χ3v) is 5.24. The monoisotopic (exact) mass is 378 g/mol. The SMILES string of the molecule is COc1ccc(-c2nnc(SCCNCCO)n2CC2CCCO2)cc1. The highest BCUT2D eigenvalue weighted by Crippen LogP contribution is 2.27. The molecule has 0 radical (unpaired) electrons. The van der Waals surface area contributed by atoms with Gasteiger partial charge in [0.1, 0.15) is 5.75 Å². The van der Waals surface area contributed by atoms with Gasteiger partial charge in [-0.05, 0) is 37.1 Å². The molecule has 1 unspecified atom stereocenters. The van der Waals surface area contributed by atoms with Gasteiger partial charge in [0, 0.05) is 31.0 Å². The molecule has 1 atom stereocenters. The fraction of sp³-hybridized carbons (Fsp3) is 0.556. The summed E-state index contributed by atoms with van der Waals surface area (Å²) in [5.74, 6) is 2.55. The maximum absolute atomic E-state index is 8.83. The zero-order valence-corrected chi connectivity index (χ0v) is 15.9. The number of nitrogens with one attached hydrogen (secondary N) is 1. The van der Waals surface area contributed by atoms with Gasteiger partial charge < -0.3 is 19.9 Å². The molecule has 0 aliphatic carbocycles. The first-order chi connectivity index (χ1) is 12.8. The van der Waals surface area contributed by atoms with Crippen molar-refractivity contribution in [2.24, 2.45) is 0 Å². The Hall–Kier alpha value is -1.61. The Bertz CT molecular complexity index is 672. The molecular formula is C18H26N4O3S. The normalized spacial score (nSPS) is 16.9. The minimum atomic E-state index is 0.154. The van der Waals surface area contributed by atoms with E-state index in [0.29, 0.717) is 6.54 Å². The maximum atomic E-state index is 8.83. The van der Waals surface area contributed by atoms with Crippen LogP contribution in [0.25, 0.3) is 11.4 Å². The van der Waals surface area contributed by atoms with E-state index in [-0.39, 0.29) is 12.7 Å². The number of methoxy groups -OCH3 is 1. The predicted octanol–water partition coefficient (Wildman–Crippen LogP) is 1.81. The third kappa shape index (κ3) is 4.97. The number of aliphatic hydroxyl groups is 1. The summed E-state index contributed by atoms with van der Waals surface area (Å²) >= 11 is 1.67. The van der Waals surface area contributed by atoms with Gasteiger partial charge in [-0.15, -0.1) is 10.2 Å². The van der Waals surface area contributed by atoms with Crippen LogP contribution in [0, 0.1) is 0 Å². The van der Waals surface area contributed by atoms with E-state index in [2.05, 4.69) is 20.1 Å². The number of aromatic nitrogens is 3. The van der Waals surface area contributed by atoms with Gasteiger partial charge in [0.05, 0.1) is 26.4 Å². The maximum Gasteiger partial charge on any atom is 0.191 e. The van der Waals surface area contributed by atoms with Crippen molar-refractivity contribution in [3.63, 3.8) is 0 Å². The molecule has 1 aliphatic heterocycles. The lowest BCUT2D eigenvalue weighted by Gasteiger charge is -2.15. The lowest BCUT2D eigenvalue weighted by Crippen LogP contribution is -2.21. The molecule has 2 heterocycles. The molecule has 1 aromatic carbocycles. The number of hydrogen-bond acceptors (Lipinski definition) is 7. The summed E-state index contributed by atoms with van der Waals surface area (Å²) in [6, 6.07) is 7.89. The van der Waals surface area contributed by atoms with E-state index in [1.165, 1.54) is 0 Å². The second-order valence-electron chi connectivity index (χ2n) is 6.10. The van der Waals surface area contributed by atoms with E-state index in [4.69, 9.17) is 14.6 Å². The van der Waals surface area contributed by atoms with Gasteiger partial charge >= 0.3 is 0 Å². The average molecular weight is 378 g/mol. The number of ether oxygens (including phenoxy) is 2. The van der Waals surface area contributed by atoms with Gasteiger partial charge in [-0.2, -0.15) is 0 Å². The van der Waals surface area contributed by atoms with Crippen molar-refractivity contribution in [1.29, 1.82) is 0 Å². The van der Waals surface area contributed by atoms with Crippen LogP contribution in [0.5, 0.6) is 5.75 Å². The molecule has 1 aliphatic rings. The first-order valence-corrected chi connectivity index (χ1v) is 9.94. The smallest absolute Gasteiger partial charge is 0.191 e. The Balaban J connectivity index is 1.75. The van der Waals surface area contributed by atoms with E-state index >= 15 is 0 Å². The second-order valence-corrected chi connectivity index (χ2v) is 7.16. The van der Waals surface area contributed by atoms with Crippen LogP contribution < -0.4 is 10.1 Å². The second kappa shape index (κ2) is 9.91. The molecule has 2 N–H and O–H groups in total. The number of benzene rings is 1. The average Bonchev–Trinajstić information content (AvgIpc) is 3.32. The first-order valence-electron chi connectivity index (χ1n) is 8.95. The summed E-state index contributed by atoms with van der Waals surface area (Å²) in [6.07, 6.45) is 2.40. The minimum Gasteiger partial charge on any atom is -0.497 e. The van der Waals surface area contributed by atoms with Gasteiger partial charge in [0.15, 0.2) is 11.0 Å². The molecule has 1 aromatic heterocycles. The summed E-state index contributed by atoms with van der Waals surface area (Å²) in [7, 11) is 1.66. The zero-order chi connectivity index (χ0) is 18.2. The molecule has 0 bridgehead atoms. The molecular weight excluding hydrogens is 352 g/mol. The van der Waals surface area contributed by atoms with Gasteiger partial charge in [-0.3, -0.25) is 4.57 Å². The van der Waals surface area contributed by atoms with E-state index < -0.39 is 0 Å². The topological polar surface area (TPSA) is 81.4 Å². The van der Waals surface area contributed by atoms with Crippen molar-refractivity contribution in [3.05, 3.63) is 24.3 Å². The fourth-order valence-corrected chi connectivity index (χ4v) is 3.77. The first kappa shape index (κ1) is 19.2. The Kier molecular flexibility index (Phi) is 7.31. The lowest BCUT2D eigenvalue weighted by molar-refractivity contribution is 0.0953. The molecule has 3 rings (SSSR count). The molecule has 2 aromatic rings. The van der Waals surface area contributed by atoms with Crippen LogP contribution in [-0.4, -0.2) is 65.1 Å². The van der Waals surface area contributed by atoms with Gasteiger partial charge in [0.25, 0.3) is 0 Å². The van der Waals surface area contributed by atoms with Crippen molar-refractivity contribution in [3.8, 4) is 17.1 Å².